The minimum Gasteiger partial charge on any atom is -0.384 e. The van der Waals surface area contributed by atoms with E-state index in [2.05, 4.69) is 5.10 Å². The second-order valence-corrected chi connectivity index (χ2v) is 4.79. The number of aryl methyl sites for hydroxylation is 1. The maximum Gasteiger partial charge on any atom is 0.122 e. The molecule has 18 heavy (non-hydrogen) atoms. The molecule has 0 radical (unpaired) electrons. The van der Waals surface area contributed by atoms with Crippen LogP contribution in [0.1, 0.15) is 16.8 Å². The fraction of sp³-hybridized carbons (Fsp3) is 0.167. The maximum absolute atomic E-state index is 7.34. The third-order valence-corrected chi connectivity index (χ3v) is 3.31. The van der Waals surface area contributed by atoms with Crippen LogP contribution in [0.3, 0.4) is 0 Å². The minimum absolute atomic E-state index is 0.00132. The summed E-state index contributed by atoms with van der Waals surface area (Å²) in [6.07, 6.45) is 1.76. The fourth-order valence-electron chi connectivity index (χ4n) is 1.59. The van der Waals surface area contributed by atoms with Crippen molar-refractivity contribution >= 4 is 29.0 Å². The van der Waals surface area contributed by atoms with Crippen LogP contribution in [0.2, 0.25) is 10.0 Å². The van der Waals surface area contributed by atoms with Crippen molar-refractivity contribution in [2.24, 2.45) is 5.73 Å². The van der Waals surface area contributed by atoms with E-state index in [-0.39, 0.29) is 5.84 Å². The van der Waals surface area contributed by atoms with Gasteiger partial charge in [-0.25, -0.2) is 0 Å². The van der Waals surface area contributed by atoms with Crippen LogP contribution in [0.5, 0.6) is 0 Å². The number of halogens is 2. The molecule has 0 saturated heterocycles. The first-order chi connectivity index (χ1) is 8.47. The molecule has 0 bridgehead atoms. The van der Waals surface area contributed by atoms with Crippen LogP contribution in [-0.2, 0) is 6.54 Å². The van der Waals surface area contributed by atoms with Crippen LogP contribution in [0.4, 0.5) is 0 Å². The van der Waals surface area contributed by atoms with Crippen molar-refractivity contribution in [3.05, 3.63) is 51.3 Å². The van der Waals surface area contributed by atoms with E-state index in [1.54, 1.807) is 23.0 Å². The summed E-state index contributed by atoms with van der Waals surface area (Å²) in [4.78, 5) is 0. The highest BCUT2D eigenvalue weighted by Crippen LogP contribution is 2.20. The molecule has 6 heteroatoms. The van der Waals surface area contributed by atoms with E-state index in [1.807, 2.05) is 13.0 Å². The van der Waals surface area contributed by atoms with Crippen LogP contribution in [0.25, 0.3) is 0 Å². The van der Waals surface area contributed by atoms with E-state index in [0.29, 0.717) is 22.2 Å². The molecule has 2 rings (SSSR count). The Bertz CT molecular complexity index is 585. The zero-order valence-corrected chi connectivity index (χ0v) is 11.3. The van der Waals surface area contributed by atoms with Gasteiger partial charge in [0.05, 0.1) is 17.3 Å². The molecular formula is C12H12Cl2N4. The van der Waals surface area contributed by atoms with Crippen LogP contribution in [0.15, 0.2) is 24.4 Å². The quantitative estimate of drug-likeness (QED) is 0.671. The number of rotatable bonds is 3. The van der Waals surface area contributed by atoms with Gasteiger partial charge in [-0.2, -0.15) is 5.10 Å². The Morgan fingerprint density at radius 2 is 2.11 bits per heavy atom. The molecule has 0 amide bonds. The summed E-state index contributed by atoms with van der Waals surface area (Å²) in [5.74, 6) is 0.00132. The van der Waals surface area contributed by atoms with Crippen molar-refractivity contribution in [3.63, 3.8) is 0 Å². The maximum atomic E-state index is 7.34. The van der Waals surface area contributed by atoms with Gasteiger partial charge in [-0.15, -0.1) is 0 Å². The first-order valence-electron chi connectivity index (χ1n) is 5.29. The number of aromatic nitrogens is 2. The standard InChI is InChI=1S/C12H12Cl2N4/c1-7-11(14)6-18(17-7)5-9-3-2-8(12(15)16)4-10(9)13/h2-4,6H,5H2,1H3,(H3,15,16). The summed E-state index contributed by atoms with van der Waals surface area (Å²) in [6, 6.07) is 5.28. The topological polar surface area (TPSA) is 67.7 Å². The smallest absolute Gasteiger partial charge is 0.122 e. The Labute approximate surface area is 115 Å². The number of hydrogen-bond donors (Lipinski definition) is 2. The van der Waals surface area contributed by atoms with Gasteiger partial charge in [0, 0.05) is 16.8 Å². The third kappa shape index (κ3) is 2.66. The molecule has 0 saturated carbocycles. The number of nitrogens with two attached hydrogens (primary N) is 1. The van der Waals surface area contributed by atoms with E-state index >= 15 is 0 Å². The molecular weight excluding hydrogens is 271 g/mol. The largest absolute Gasteiger partial charge is 0.384 e. The van der Waals surface area contributed by atoms with Crippen molar-refractivity contribution in [1.29, 1.82) is 5.41 Å². The Balaban J connectivity index is 2.27. The zero-order valence-electron chi connectivity index (χ0n) is 9.74. The van der Waals surface area contributed by atoms with Crippen molar-refractivity contribution in [2.45, 2.75) is 13.5 Å². The number of hydrogen-bond acceptors (Lipinski definition) is 2. The first-order valence-corrected chi connectivity index (χ1v) is 6.05. The summed E-state index contributed by atoms with van der Waals surface area (Å²) in [5.41, 5.74) is 7.70. The predicted molar refractivity (Wildman–Crippen MR) is 73.5 cm³/mol. The molecule has 1 aromatic heterocycles. The molecule has 1 aromatic carbocycles. The lowest BCUT2D eigenvalue weighted by atomic mass is 10.1. The van der Waals surface area contributed by atoms with Crippen molar-refractivity contribution in [3.8, 4) is 0 Å². The molecule has 0 aliphatic rings. The lowest BCUT2D eigenvalue weighted by Crippen LogP contribution is -2.11. The third-order valence-electron chi connectivity index (χ3n) is 2.58. The number of amidine groups is 1. The lowest BCUT2D eigenvalue weighted by Gasteiger charge is -2.06. The second kappa shape index (κ2) is 5.00. The summed E-state index contributed by atoms with van der Waals surface area (Å²) < 4.78 is 1.73. The molecule has 0 fully saturated rings. The first kappa shape index (κ1) is 12.9. The normalized spacial score (nSPS) is 10.6. The van der Waals surface area contributed by atoms with Crippen LogP contribution >= 0.6 is 23.2 Å². The lowest BCUT2D eigenvalue weighted by molar-refractivity contribution is 0.679. The van der Waals surface area contributed by atoms with E-state index in [9.17, 15) is 0 Å². The molecule has 0 aliphatic carbocycles. The van der Waals surface area contributed by atoms with Crippen molar-refractivity contribution in [1.82, 2.24) is 9.78 Å². The van der Waals surface area contributed by atoms with Gasteiger partial charge >= 0.3 is 0 Å². The molecule has 1 heterocycles. The molecule has 4 nitrogen and oxygen atoms in total. The van der Waals surface area contributed by atoms with Gasteiger partial charge in [-0.05, 0) is 18.6 Å². The number of nitrogens with one attached hydrogen (secondary N) is 1. The van der Waals surface area contributed by atoms with Crippen LogP contribution < -0.4 is 5.73 Å². The molecule has 94 valence electrons. The summed E-state index contributed by atoms with van der Waals surface area (Å²) in [5, 5.41) is 12.8. The highest BCUT2D eigenvalue weighted by Gasteiger charge is 2.07. The molecule has 2 aromatic rings. The van der Waals surface area contributed by atoms with Gasteiger partial charge in [0.25, 0.3) is 0 Å². The zero-order chi connectivity index (χ0) is 13.3. The SMILES string of the molecule is Cc1nn(Cc2ccc(C(=N)N)cc2Cl)cc1Cl. The average Bonchev–Trinajstić information content (AvgIpc) is 2.61. The van der Waals surface area contributed by atoms with E-state index < -0.39 is 0 Å². The highest BCUT2D eigenvalue weighted by molar-refractivity contribution is 6.32. The number of nitrogens with zero attached hydrogens (tertiary/aromatic N) is 2. The van der Waals surface area contributed by atoms with Gasteiger partial charge in [0.1, 0.15) is 5.84 Å². The van der Waals surface area contributed by atoms with Crippen LogP contribution in [-0.4, -0.2) is 15.6 Å². The molecule has 0 unspecified atom stereocenters. The highest BCUT2D eigenvalue weighted by atomic mass is 35.5. The summed E-state index contributed by atoms with van der Waals surface area (Å²) >= 11 is 12.1. The van der Waals surface area contributed by atoms with E-state index in [0.717, 1.165) is 11.3 Å². The van der Waals surface area contributed by atoms with Gasteiger partial charge in [0.2, 0.25) is 0 Å². The van der Waals surface area contributed by atoms with Crippen molar-refractivity contribution in [2.75, 3.05) is 0 Å². The number of nitrogen functional groups attached to an aromatic ring is 1. The average molecular weight is 283 g/mol. The predicted octanol–water partition coefficient (Wildman–Crippen LogP) is 2.83. The summed E-state index contributed by atoms with van der Waals surface area (Å²) in [7, 11) is 0. The molecule has 3 N–H and O–H groups in total. The molecule has 0 atom stereocenters. The Morgan fingerprint density at radius 1 is 1.39 bits per heavy atom. The summed E-state index contributed by atoms with van der Waals surface area (Å²) in [6.45, 7) is 2.38. The molecule has 0 aliphatic heterocycles. The Kier molecular flexibility index (Phi) is 3.59. The van der Waals surface area contributed by atoms with Gasteiger partial charge in [0.15, 0.2) is 0 Å². The Hall–Kier alpha value is -1.52. The van der Waals surface area contributed by atoms with Crippen molar-refractivity contribution < 1.29 is 0 Å². The number of benzene rings is 1. The van der Waals surface area contributed by atoms with Gasteiger partial charge in [-0.1, -0.05) is 35.3 Å². The molecule has 0 spiro atoms. The fourth-order valence-corrected chi connectivity index (χ4v) is 1.98. The van der Waals surface area contributed by atoms with Gasteiger partial charge < -0.3 is 5.73 Å². The van der Waals surface area contributed by atoms with E-state index in [1.165, 1.54) is 0 Å². The minimum atomic E-state index is 0.00132. The van der Waals surface area contributed by atoms with Gasteiger partial charge in [-0.3, -0.25) is 10.1 Å². The monoisotopic (exact) mass is 282 g/mol. The second-order valence-electron chi connectivity index (χ2n) is 3.98. The van der Waals surface area contributed by atoms with Crippen LogP contribution in [0, 0.1) is 12.3 Å². The van der Waals surface area contributed by atoms with E-state index in [4.69, 9.17) is 34.3 Å². The Morgan fingerprint density at radius 3 is 2.61 bits per heavy atom.